The van der Waals surface area contributed by atoms with Crippen molar-refractivity contribution < 1.29 is 71.3 Å². The number of ether oxygens (including phenoxy) is 3. The molecule has 0 saturated carbocycles. The summed E-state index contributed by atoms with van der Waals surface area (Å²) < 4.78 is 33.3. The Balaban J connectivity index is 0.811. The number of fused-ring (bicyclic) bond motifs is 5. The Kier molecular flexibility index (Phi) is 21.0. The van der Waals surface area contributed by atoms with Crippen LogP contribution in [-0.2, 0) is 84.5 Å². The van der Waals surface area contributed by atoms with Gasteiger partial charge in [-0.25, -0.2) is 14.2 Å². The minimum Gasteiger partial charge on any atom is -0.494 e. The van der Waals surface area contributed by atoms with E-state index in [1.54, 1.807) is 35.8 Å². The quantitative estimate of drug-likeness (QED) is 0.0171. The molecule has 2 aromatic heterocycles. The van der Waals surface area contributed by atoms with Crippen molar-refractivity contribution in [1.82, 2.24) is 45.9 Å². The van der Waals surface area contributed by atoms with Crippen molar-refractivity contribution in [3.05, 3.63) is 98.6 Å². The van der Waals surface area contributed by atoms with Gasteiger partial charge in [0, 0.05) is 118 Å². The average Bonchev–Trinajstić information content (AvgIpc) is 1.51. The number of carbonyl (C=O) groups excluding carboxylic acids is 9. The largest absolute Gasteiger partial charge is 0.494 e. The molecule has 0 spiro atoms. The van der Waals surface area contributed by atoms with Crippen molar-refractivity contribution in [2.24, 2.45) is 0 Å². The zero-order valence-corrected chi connectivity index (χ0v) is 51.0. The molecule has 1 saturated heterocycles. The first-order chi connectivity index (χ1) is 41.8. The number of rotatable bonds is 27. The second-order valence-electron chi connectivity index (χ2n) is 23.5. The van der Waals surface area contributed by atoms with Gasteiger partial charge in [0.15, 0.2) is 17.2 Å². The third kappa shape index (κ3) is 14.9. The SMILES string of the molecule is CC[C@@]1(O)C(=O)OCc2c1cc1n(c2=O)Cc2c-1nc1cc(F)c(OC)cc1c2CN1CCC([N+](C)(C)Cc2ccc(NC(=O)[C@H](C)NC(=O)[C@H](C)NC(=O)[C@H](C)NC(=O)[C@H](CCC(=O)NCCCOC)NC(=O)CCCN3C(=O)C=CC3=O)cc2)CC1. The number of hydrogen-bond acceptors (Lipinski definition) is 16. The third-order valence-corrected chi connectivity index (χ3v) is 16.9. The summed E-state index contributed by atoms with van der Waals surface area (Å²) in [5.41, 5.74) is 2.54. The number of aromatic nitrogens is 2. The second kappa shape index (κ2) is 28.1. The van der Waals surface area contributed by atoms with E-state index in [4.69, 9.17) is 19.2 Å². The molecule has 1 fully saturated rings. The van der Waals surface area contributed by atoms with Gasteiger partial charge in [0.25, 0.3) is 17.4 Å². The van der Waals surface area contributed by atoms with E-state index in [1.165, 1.54) is 41.1 Å². The lowest BCUT2D eigenvalue weighted by Gasteiger charge is -2.43. The van der Waals surface area contributed by atoms with Crippen LogP contribution in [0.1, 0.15) is 107 Å². The van der Waals surface area contributed by atoms with E-state index in [0.29, 0.717) is 65.1 Å². The number of nitrogens with zero attached hydrogens (tertiary/aromatic N) is 5. The number of likely N-dealkylation sites (tertiary alicyclic amines) is 1. The van der Waals surface area contributed by atoms with Gasteiger partial charge >= 0.3 is 5.97 Å². The number of cyclic esters (lactones) is 1. The molecular formula is C62H79FN11O14+. The number of aliphatic hydroxyl groups is 1. The number of pyridine rings is 2. The molecule has 472 valence electrons. The maximum absolute atomic E-state index is 15.3. The lowest BCUT2D eigenvalue weighted by molar-refractivity contribution is -0.929. The number of benzene rings is 2. The monoisotopic (exact) mass is 1220 g/mol. The highest BCUT2D eigenvalue weighted by Crippen LogP contribution is 2.42. The van der Waals surface area contributed by atoms with Crippen molar-refractivity contribution in [2.75, 3.05) is 66.4 Å². The lowest BCUT2D eigenvalue weighted by Crippen LogP contribution is -2.56. The molecule has 0 radical (unpaired) electrons. The summed E-state index contributed by atoms with van der Waals surface area (Å²) >= 11 is 0. The summed E-state index contributed by atoms with van der Waals surface area (Å²) in [7, 11) is 7.30. The number of anilines is 1. The first-order valence-corrected chi connectivity index (χ1v) is 29.7. The van der Waals surface area contributed by atoms with Crippen LogP contribution in [0.4, 0.5) is 10.1 Å². The Labute approximate surface area is 508 Å². The van der Waals surface area contributed by atoms with Crippen LogP contribution in [0.2, 0.25) is 0 Å². The summed E-state index contributed by atoms with van der Waals surface area (Å²) in [6, 6.07) is 7.73. The molecule has 2 aromatic carbocycles. The van der Waals surface area contributed by atoms with Crippen LogP contribution in [-0.4, -0.2) is 173 Å². The Morgan fingerprint density at radius 1 is 0.830 bits per heavy atom. The Hall–Kier alpha value is -8.46. The van der Waals surface area contributed by atoms with Crippen LogP contribution in [0.3, 0.4) is 0 Å². The number of imide groups is 1. The lowest BCUT2D eigenvalue weighted by atomic mass is 9.86. The maximum atomic E-state index is 15.3. The van der Waals surface area contributed by atoms with Crippen LogP contribution in [0.25, 0.3) is 22.3 Å². The van der Waals surface area contributed by atoms with Crippen molar-refractivity contribution in [1.29, 1.82) is 0 Å². The summed E-state index contributed by atoms with van der Waals surface area (Å²) in [4.78, 5) is 138. The number of esters is 1. The van der Waals surface area contributed by atoms with Gasteiger partial charge in [0.1, 0.15) is 37.3 Å². The van der Waals surface area contributed by atoms with Gasteiger partial charge in [0.05, 0.1) is 56.3 Å². The molecular weight excluding hydrogens is 1140 g/mol. The van der Waals surface area contributed by atoms with Gasteiger partial charge in [-0.1, -0.05) is 19.1 Å². The highest BCUT2D eigenvalue weighted by molar-refractivity contribution is 6.13. The van der Waals surface area contributed by atoms with Gasteiger partial charge < -0.3 is 60.3 Å². The van der Waals surface area contributed by atoms with Crippen molar-refractivity contribution in [3.8, 4) is 17.1 Å². The van der Waals surface area contributed by atoms with E-state index in [-0.39, 0.29) is 86.2 Å². The smallest absolute Gasteiger partial charge is 0.343 e. The molecule has 8 amide bonds. The van der Waals surface area contributed by atoms with Crippen molar-refractivity contribution >= 4 is 69.8 Å². The highest BCUT2D eigenvalue weighted by Gasteiger charge is 2.46. The fourth-order valence-corrected chi connectivity index (χ4v) is 11.6. The van der Waals surface area contributed by atoms with E-state index >= 15 is 4.39 Å². The minimum absolute atomic E-state index is 0.000539. The summed E-state index contributed by atoms with van der Waals surface area (Å²) in [6.45, 7) is 9.26. The number of halogens is 1. The van der Waals surface area contributed by atoms with Crippen LogP contribution in [0.15, 0.2) is 59.4 Å². The van der Waals surface area contributed by atoms with Gasteiger partial charge in [-0.05, 0) is 76.3 Å². The van der Waals surface area contributed by atoms with Crippen LogP contribution in [0.5, 0.6) is 5.75 Å². The number of carbonyl (C=O) groups is 9. The molecule has 7 N–H and O–H groups in total. The molecule has 5 atom stereocenters. The van der Waals surface area contributed by atoms with E-state index < -0.39 is 82.9 Å². The molecule has 4 aliphatic rings. The summed E-state index contributed by atoms with van der Waals surface area (Å²) in [6.07, 6.45) is 4.24. The fraction of sp³-hybridized carbons (Fsp3) is 0.500. The Morgan fingerprint density at radius 3 is 2.11 bits per heavy atom. The molecule has 25 nitrogen and oxygen atoms in total. The molecule has 4 aromatic rings. The summed E-state index contributed by atoms with van der Waals surface area (Å²) in [5, 5.41) is 27.9. The zero-order chi connectivity index (χ0) is 63.8. The fourth-order valence-electron chi connectivity index (χ4n) is 11.6. The van der Waals surface area contributed by atoms with E-state index in [2.05, 4.69) is 50.9 Å². The number of nitrogens with one attached hydrogen (secondary N) is 6. The van der Waals surface area contributed by atoms with Crippen LogP contribution < -0.4 is 42.2 Å². The first-order valence-electron chi connectivity index (χ1n) is 29.7. The molecule has 0 aliphatic carbocycles. The predicted molar refractivity (Wildman–Crippen MR) is 319 cm³/mol. The standard InChI is InChI=1S/C62H78FN11O14/c1-9-62(85)45-29-49-55-43(32-73(49)60(83)44(45)34-88-61(62)84)42(41-28-50(87-8)46(63)30-48(41)70-55)31-71-25-21-40(22-26-71)74(5,6)33-38-13-15-39(16-14-38)68-58(81)37(4)66-56(79)35(2)65-57(80)36(3)67-59(82)47(17-18-51(75)64-23-11-27-86-7)69-52(76)12-10-24-72-53(77)19-20-54(72)78/h13-16,19-20,28-30,35-37,40,47,85H,9-12,17-18,21-27,31-34H2,1-8H3,(H5-,64,65,66,67,68,69,75,76,79,80,81,82)/p+1/t35-,36-,37-,47-,62-/m0/s1. The number of amides is 8. The number of piperidine rings is 1. The number of quaternary nitrogens is 1. The van der Waals surface area contributed by atoms with E-state index in [0.717, 1.165) is 59.7 Å². The Bertz CT molecular complexity index is 3450. The Morgan fingerprint density at radius 2 is 1.48 bits per heavy atom. The van der Waals surface area contributed by atoms with Crippen molar-refractivity contribution in [2.45, 2.75) is 141 Å². The molecule has 0 unspecified atom stereocenters. The normalized spacial score (nSPS) is 17.9. The number of methoxy groups -OCH3 is 2. The molecule has 6 heterocycles. The predicted octanol–water partition coefficient (Wildman–Crippen LogP) is 2.04. The van der Waals surface area contributed by atoms with Gasteiger partial charge in [-0.15, -0.1) is 0 Å². The first kappa shape index (κ1) is 65.5. The number of hydrogen-bond donors (Lipinski definition) is 7. The van der Waals surface area contributed by atoms with E-state index in [1.807, 2.05) is 12.1 Å². The maximum Gasteiger partial charge on any atom is 0.343 e. The van der Waals surface area contributed by atoms with Gasteiger partial charge in [-0.2, -0.15) is 0 Å². The molecule has 4 aliphatic heterocycles. The summed E-state index contributed by atoms with van der Waals surface area (Å²) in [5.74, 6) is -6.00. The second-order valence-corrected chi connectivity index (χ2v) is 23.5. The average molecular weight is 1220 g/mol. The van der Waals surface area contributed by atoms with E-state index in [9.17, 15) is 53.1 Å². The van der Waals surface area contributed by atoms with Gasteiger partial charge in [0.2, 0.25) is 35.4 Å². The van der Waals surface area contributed by atoms with Crippen LogP contribution >= 0.6 is 0 Å². The van der Waals surface area contributed by atoms with Gasteiger partial charge in [-0.3, -0.25) is 53.0 Å². The molecule has 88 heavy (non-hydrogen) atoms. The van der Waals surface area contributed by atoms with Crippen molar-refractivity contribution in [3.63, 3.8) is 0 Å². The van der Waals surface area contributed by atoms with Crippen LogP contribution in [0, 0.1) is 5.82 Å². The molecule has 26 heteroatoms. The molecule has 8 rings (SSSR count). The zero-order valence-electron chi connectivity index (χ0n) is 51.0. The highest BCUT2D eigenvalue weighted by atomic mass is 19.1. The topological polar surface area (TPSA) is 315 Å². The third-order valence-electron chi connectivity index (χ3n) is 16.9. The minimum atomic E-state index is -2.00. The molecule has 0 bridgehead atoms.